The van der Waals surface area contributed by atoms with Crippen LogP contribution in [0.3, 0.4) is 0 Å². The Morgan fingerprint density at radius 3 is 2.61 bits per heavy atom. The van der Waals surface area contributed by atoms with Gasteiger partial charge in [-0.3, -0.25) is 0 Å². The molecule has 0 aromatic carbocycles. The summed E-state index contributed by atoms with van der Waals surface area (Å²) in [5.74, 6) is 2.59. The van der Waals surface area contributed by atoms with Crippen molar-refractivity contribution in [1.29, 1.82) is 0 Å². The fraction of sp³-hybridized carbons (Fsp3) is 0.714. The molecule has 4 heteroatoms. The molecule has 1 aromatic heterocycles. The lowest BCUT2D eigenvalue weighted by Gasteiger charge is -2.27. The third-order valence-corrected chi connectivity index (χ3v) is 3.04. The molecule has 0 saturated heterocycles. The largest absolute Gasteiger partial charge is 0.370 e. The predicted octanol–water partition coefficient (Wildman–Crippen LogP) is 3.17. The predicted molar refractivity (Wildman–Crippen MR) is 78.1 cm³/mol. The third kappa shape index (κ3) is 4.51. The summed E-state index contributed by atoms with van der Waals surface area (Å²) in [5.41, 5.74) is 0. The molecule has 1 heterocycles. The van der Waals surface area contributed by atoms with Crippen molar-refractivity contribution in [1.82, 2.24) is 9.97 Å². The second kappa shape index (κ2) is 7.19. The summed E-state index contributed by atoms with van der Waals surface area (Å²) in [6, 6.07) is 2.51. The Balaban J connectivity index is 2.69. The van der Waals surface area contributed by atoms with Gasteiger partial charge in [-0.2, -0.15) is 0 Å². The highest BCUT2D eigenvalue weighted by atomic mass is 15.2. The number of rotatable bonds is 7. The van der Waals surface area contributed by atoms with Crippen molar-refractivity contribution in [2.24, 2.45) is 5.92 Å². The first-order chi connectivity index (χ1) is 8.54. The highest BCUT2D eigenvalue weighted by Crippen LogP contribution is 2.18. The summed E-state index contributed by atoms with van der Waals surface area (Å²) in [6.07, 6.45) is 3.89. The zero-order valence-corrected chi connectivity index (χ0v) is 12.3. The first-order valence-electron chi connectivity index (χ1n) is 6.83. The van der Waals surface area contributed by atoms with Crippen LogP contribution in [0.1, 0.15) is 40.5 Å². The van der Waals surface area contributed by atoms with Gasteiger partial charge in [0.15, 0.2) is 0 Å². The molecule has 1 aromatic rings. The summed E-state index contributed by atoms with van der Waals surface area (Å²) in [5, 5.41) is 3.29. The second-order valence-electron chi connectivity index (χ2n) is 5.28. The minimum Gasteiger partial charge on any atom is -0.370 e. The van der Waals surface area contributed by atoms with Crippen molar-refractivity contribution >= 4 is 11.6 Å². The van der Waals surface area contributed by atoms with Gasteiger partial charge in [0.05, 0.1) is 0 Å². The second-order valence-corrected chi connectivity index (χ2v) is 5.28. The number of aromatic nitrogens is 2. The number of nitrogens with zero attached hydrogens (tertiary/aromatic N) is 3. The minimum atomic E-state index is 0.485. The van der Waals surface area contributed by atoms with Gasteiger partial charge in [0, 0.05) is 25.7 Å². The van der Waals surface area contributed by atoms with Crippen LogP contribution in [-0.4, -0.2) is 29.6 Å². The average molecular weight is 250 g/mol. The van der Waals surface area contributed by atoms with E-state index in [9.17, 15) is 0 Å². The quantitative estimate of drug-likeness (QED) is 0.807. The average Bonchev–Trinajstić information content (AvgIpc) is 2.35. The Hall–Kier alpha value is -1.32. The molecule has 1 unspecified atom stereocenters. The van der Waals surface area contributed by atoms with E-state index in [1.165, 1.54) is 0 Å². The molecule has 0 spiro atoms. The molecule has 1 rings (SSSR count). The van der Waals surface area contributed by atoms with Crippen LogP contribution in [0, 0.1) is 5.92 Å². The van der Waals surface area contributed by atoms with Gasteiger partial charge < -0.3 is 10.2 Å². The molecular formula is C14H26N4. The zero-order chi connectivity index (χ0) is 13.5. The lowest BCUT2D eigenvalue weighted by atomic mass is 10.0. The van der Waals surface area contributed by atoms with Crippen molar-refractivity contribution in [2.75, 3.05) is 23.8 Å². The van der Waals surface area contributed by atoms with Crippen LogP contribution in [0.15, 0.2) is 12.4 Å². The van der Waals surface area contributed by atoms with Crippen molar-refractivity contribution in [3.05, 3.63) is 12.4 Å². The van der Waals surface area contributed by atoms with E-state index in [0.717, 1.165) is 31.0 Å². The molecular weight excluding hydrogens is 224 g/mol. The smallest absolute Gasteiger partial charge is 0.134 e. The Kier molecular flexibility index (Phi) is 5.89. The molecule has 18 heavy (non-hydrogen) atoms. The van der Waals surface area contributed by atoms with Gasteiger partial charge in [0.25, 0.3) is 0 Å². The van der Waals surface area contributed by atoms with Gasteiger partial charge in [-0.05, 0) is 25.7 Å². The topological polar surface area (TPSA) is 41.0 Å². The Morgan fingerprint density at radius 1 is 1.28 bits per heavy atom. The monoisotopic (exact) mass is 250 g/mol. The van der Waals surface area contributed by atoms with E-state index in [0.29, 0.717) is 12.0 Å². The highest BCUT2D eigenvalue weighted by Gasteiger charge is 2.13. The van der Waals surface area contributed by atoms with Crippen molar-refractivity contribution in [2.45, 2.75) is 46.6 Å². The molecule has 0 aliphatic rings. The zero-order valence-electron chi connectivity index (χ0n) is 12.3. The molecule has 0 aliphatic heterocycles. The first kappa shape index (κ1) is 14.7. The van der Waals surface area contributed by atoms with Crippen LogP contribution >= 0.6 is 0 Å². The molecule has 4 nitrogen and oxygen atoms in total. The van der Waals surface area contributed by atoms with Crippen molar-refractivity contribution < 1.29 is 0 Å². The molecule has 0 aliphatic carbocycles. The number of nitrogens with one attached hydrogen (secondary N) is 1. The molecule has 102 valence electrons. The molecule has 0 fully saturated rings. The van der Waals surface area contributed by atoms with E-state index in [1.54, 1.807) is 6.33 Å². The van der Waals surface area contributed by atoms with E-state index >= 15 is 0 Å². The minimum absolute atomic E-state index is 0.485. The van der Waals surface area contributed by atoms with Crippen LogP contribution in [0.4, 0.5) is 11.6 Å². The summed E-state index contributed by atoms with van der Waals surface area (Å²) in [4.78, 5) is 10.8. The summed E-state index contributed by atoms with van der Waals surface area (Å²) >= 11 is 0. The highest BCUT2D eigenvalue weighted by molar-refractivity contribution is 5.48. The lowest BCUT2D eigenvalue weighted by molar-refractivity contribution is 0.502. The fourth-order valence-electron chi connectivity index (χ4n) is 1.96. The number of hydrogen-bond acceptors (Lipinski definition) is 4. The molecule has 0 amide bonds. The fourth-order valence-corrected chi connectivity index (χ4v) is 1.96. The van der Waals surface area contributed by atoms with Crippen molar-refractivity contribution in [3.63, 3.8) is 0 Å². The Bertz CT molecular complexity index is 351. The molecule has 0 saturated carbocycles. The SMILES string of the molecule is CCCNc1cc(N(C)C(C)CC(C)C)ncn1. The lowest BCUT2D eigenvalue weighted by Crippen LogP contribution is -2.30. The van der Waals surface area contributed by atoms with Gasteiger partial charge in [-0.1, -0.05) is 20.8 Å². The van der Waals surface area contributed by atoms with Crippen molar-refractivity contribution in [3.8, 4) is 0 Å². The van der Waals surface area contributed by atoms with E-state index in [2.05, 4.69) is 54.9 Å². The number of hydrogen-bond donors (Lipinski definition) is 1. The van der Waals surface area contributed by atoms with Gasteiger partial charge in [0.1, 0.15) is 18.0 Å². The first-order valence-corrected chi connectivity index (χ1v) is 6.83. The van der Waals surface area contributed by atoms with Crippen LogP contribution in [0.25, 0.3) is 0 Å². The maximum Gasteiger partial charge on any atom is 0.134 e. The van der Waals surface area contributed by atoms with E-state index in [1.807, 2.05) is 6.07 Å². The summed E-state index contributed by atoms with van der Waals surface area (Å²) in [7, 11) is 2.10. The van der Waals surface area contributed by atoms with Crippen LogP contribution < -0.4 is 10.2 Å². The maximum atomic E-state index is 4.35. The van der Waals surface area contributed by atoms with Crippen LogP contribution in [0.2, 0.25) is 0 Å². The molecule has 1 atom stereocenters. The van der Waals surface area contributed by atoms with Gasteiger partial charge in [0.2, 0.25) is 0 Å². The van der Waals surface area contributed by atoms with Gasteiger partial charge >= 0.3 is 0 Å². The third-order valence-electron chi connectivity index (χ3n) is 3.04. The van der Waals surface area contributed by atoms with E-state index in [-0.39, 0.29) is 0 Å². The normalized spacial score (nSPS) is 12.6. The van der Waals surface area contributed by atoms with E-state index < -0.39 is 0 Å². The van der Waals surface area contributed by atoms with Crippen LogP contribution in [0.5, 0.6) is 0 Å². The van der Waals surface area contributed by atoms with Crippen LogP contribution in [-0.2, 0) is 0 Å². The van der Waals surface area contributed by atoms with E-state index in [4.69, 9.17) is 0 Å². The van der Waals surface area contributed by atoms with Gasteiger partial charge in [-0.25, -0.2) is 9.97 Å². The standard InChI is InChI=1S/C14H26N4/c1-6-7-15-13-9-14(17-10-16-13)18(5)12(4)8-11(2)3/h9-12H,6-8H2,1-5H3,(H,15,16,17). The Morgan fingerprint density at radius 2 is 2.00 bits per heavy atom. The molecule has 0 bridgehead atoms. The molecule has 0 radical (unpaired) electrons. The maximum absolute atomic E-state index is 4.35. The van der Waals surface area contributed by atoms with Gasteiger partial charge in [-0.15, -0.1) is 0 Å². The summed E-state index contributed by atoms with van der Waals surface area (Å²) in [6.45, 7) is 9.83. The Labute approximate surface area is 111 Å². The number of anilines is 2. The molecule has 1 N–H and O–H groups in total. The summed E-state index contributed by atoms with van der Waals surface area (Å²) < 4.78 is 0.